The Morgan fingerprint density at radius 2 is 0.662 bits per heavy atom. The van der Waals surface area contributed by atoms with E-state index in [0.29, 0.717) is 0 Å². The highest BCUT2D eigenvalue weighted by Crippen LogP contribution is 2.58. The number of rotatable bonds is 9. The first kappa shape index (κ1) is 44.2. The second-order valence-electron chi connectivity index (χ2n) is 19.3. The molecule has 10 rings (SSSR count). The monoisotopic (exact) mass is 883 g/mol. The Kier molecular flexibility index (Phi) is 11.4. The van der Waals surface area contributed by atoms with Gasteiger partial charge in [0.15, 0.2) is 0 Å². The van der Waals surface area contributed by atoms with Gasteiger partial charge in [-0.3, -0.25) is 0 Å². The summed E-state index contributed by atoms with van der Waals surface area (Å²) in [4.78, 5) is 7.28. The van der Waals surface area contributed by atoms with Gasteiger partial charge in [-0.1, -0.05) is 102 Å². The Hall–Kier alpha value is -7.62. The lowest BCUT2D eigenvalue weighted by Crippen LogP contribution is -2.38. The maximum atomic E-state index is 2.47. The van der Waals surface area contributed by atoms with Crippen molar-refractivity contribution in [2.24, 2.45) is 0 Å². The summed E-state index contributed by atoms with van der Waals surface area (Å²) in [6, 6.07) is 71.2. The van der Waals surface area contributed by atoms with Gasteiger partial charge in [0.05, 0.1) is 16.8 Å². The lowest BCUT2D eigenvalue weighted by Gasteiger charge is -2.47. The van der Waals surface area contributed by atoms with Crippen molar-refractivity contribution >= 4 is 51.2 Å². The normalized spacial score (nSPS) is 12.6. The van der Waals surface area contributed by atoms with Crippen LogP contribution in [0.3, 0.4) is 0 Å². The number of hydrogen-bond donors (Lipinski definition) is 0. The first-order chi connectivity index (χ1) is 32.8. The largest absolute Gasteiger partial charge is 0.310 e. The number of aryl methyl sites for hydroxylation is 10. The van der Waals surface area contributed by atoms with E-state index < -0.39 is 5.41 Å². The number of anilines is 9. The third-order valence-corrected chi connectivity index (χ3v) is 14.7. The number of fused-ring (bicyclic) bond motifs is 2. The van der Waals surface area contributed by atoms with Crippen molar-refractivity contribution < 1.29 is 0 Å². The molecule has 0 atom stereocenters. The summed E-state index contributed by atoms with van der Waals surface area (Å²) in [5, 5.41) is 0. The lowest BCUT2D eigenvalue weighted by molar-refractivity contribution is 0.730. The average Bonchev–Trinajstić information content (AvgIpc) is 3.34. The van der Waals surface area contributed by atoms with E-state index >= 15 is 0 Å². The molecule has 0 spiro atoms. The summed E-state index contributed by atoms with van der Waals surface area (Å²) in [5.74, 6) is 0. The van der Waals surface area contributed by atoms with Crippen LogP contribution in [0, 0.1) is 69.2 Å². The minimum atomic E-state index is -0.687. The molecule has 3 nitrogen and oxygen atoms in total. The molecule has 0 aromatic heterocycles. The SMILES string of the molecule is Cc1ccc(N2c3ccccc3C(c3ccc(N(c4ccc(C)c(C)c4)c4ccc(C)c(C)c4)cc3)(c3ccc(N(c4ccc(C)c(C)c4)c4ccc(C)c(C)c4)cc3)c3cc(C)ccc32)cc1. The standard InChI is InChI=1S/C65H61N3/c1-42-15-26-56(27-16-42)68-63-14-12-11-13-61(63)65(62-37-43(2)17-36-64(62)68,52-22-32-54(33-23-52)66(57-28-18-44(3)48(7)38-57)58-29-19-45(4)49(8)39-58)53-24-34-55(35-25-53)67(59-30-20-46(5)50(9)40-59)60-31-21-47(6)51(10)41-60/h11-41H,1-10H3. The Bertz CT molecular complexity index is 3090. The van der Waals surface area contributed by atoms with E-state index in [1.54, 1.807) is 0 Å². The fourth-order valence-corrected chi connectivity index (χ4v) is 10.2. The predicted molar refractivity (Wildman–Crippen MR) is 290 cm³/mol. The summed E-state index contributed by atoms with van der Waals surface area (Å²) < 4.78 is 0. The molecule has 0 N–H and O–H groups in total. The zero-order valence-electron chi connectivity index (χ0n) is 41.2. The van der Waals surface area contributed by atoms with Crippen LogP contribution in [0.25, 0.3) is 0 Å². The van der Waals surface area contributed by atoms with Crippen molar-refractivity contribution in [1.29, 1.82) is 0 Å². The third kappa shape index (κ3) is 7.66. The molecule has 1 aliphatic heterocycles. The molecular weight excluding hydrogens is 823 g/mol. The summed E-state index contributed by atoms with van der Waals surface area (Å²) in [6.07, 6.45) is 0. The van der Waals surface area contributed by atoms with Crippen LogP contribution in [-0.2, 0) is 5.41 Å². The molecule has 0 fully saturated rings. The molecule has 0 saturated heterocycles. The molecule has 336 valence electrons. The van der Waals surface area contributed by atoms with Gasteiger partial charge in [0.1, 0.15) is 0 Å². The van der Waals surface area contributed by atoms with Gasteiger partial charge in [0.2, 0.25) is 0 Å². The Morgan fingerprint density at radius 3 is 1.07 bits per heavy atom. The molecule has 0 radical (unpaired) electrons. The van der Waals surface area contributed by atoms with Crippen LogP contribution in [-0.4, -0.2) is 0 Å². The molecule has 68 heavy (non-hydrogen) atoms. The van der Waals surface area contributed by atoms with E-state index in [0.717, 1.165) is 39.8 Å². The first-order valence-electron chi connectivity index (χ1n) is 24.0. The zero-order valence-corrected chi connectivity index (χ0v) is 41.2. The van der Waals surface area contributed by atoms with Crippen LogP contribution in [0.5, 0.6) is 0 Å². The van der Waals surface area contributed by atoms with E-state index in [-0.39, 0.29) is 0 Å². The van der Waals surface area contributed by atoms with E-state index in [2.05, 4.69) is 272 Å². The van der Waals surface area contributed by atoms with Gasteiger partial charge in [-0.05, 0) is 233 Å². The van der Waals surface area contributed by atoms with E-state index in [4.69, 9.17) is 0 Å². The van der Waals surface area contributed by atoms with Crippen molar-refractivity contribution in [2.75, 3.05) is 14.7 Å². The molecule has 3 heteroatoms. The molecule has 1 heterocycles. The summed E-state index contributed by atoms with van der Waals surface area (Å²) >= 11 is 0. The van der Waals surface area contributed by atoms with Crippen molar-refractivity contribution in [1.82, 2.24) is 0 Å². The zero-order chi connectivity index (χ0) is 47.4. The molecule has 0 amide bonds. The summed E-state index contributed by atoms with van der Waals surface area (Å²) in [5.41, 5.74) is 27.2. The first-order valence-corrected chi connectivity index (χ1v) is 24.0. The highest BCUT2D eigenvalue weighted by molar-refractivity contribution is 5.90. The minimum absolute atomic E-state index is 0.687. The molecule has 0 aliphatic carbocycles. The van der Waals surface area contributed by atoms with Crippen LogP contribution in [0.1, 0.15) is 77.9 Å². The minimum Gasteiger partial charge on any atom is -0.310 e. The Balaban J connectivity index is 1.22. The quantitative estimate of drug-likeness (QED) is 0.143. The average molecular weight is 884 g/mol. The molecule has 0 unspecified atom stereocenters. The van der Waals surface area contributed by atoms with Crippen molar-refractivity contribution in [3.63, 3.8) is 0 Å². The van der Waals surface area contributed by atoms with Gasteiger partial charge >= 0.3 is 0 Å². The van der Waals surface area contributed by atoms with Crippen LogP contribution in [0.15, 0.2) is 188 Å². The van der Waals surface area contributed by atoms with Gasteiger partial charge in [-0.15, -0.1) is 0 Å². The van der Waals surface area contributed by atoms with Gasteiger partial charge in [0.25, 0.3) is 0 Å². The second kappa shape index (κ2) is 17.6. The Labute approximate surface area is 404 Å². The molecular formula is C65H61N3. The van der Waals surface area contributed by atoms with Crippen molar-refractivity contribution in [3.8, 4) is 0 Å². The van der Waals surface area contributed by atoms with Crippen molar-refractivity contribution in [2.45, 2.75) is 74.7 Å². The highest BCUT2D eigenvalue weighted by Gasteiger charge is 2.46. The molecule has 1 aliphatic rings. The van der Waals surface area contributed by atoms with Gasteiger partial charge < -0.3 is 14.7 Å². The number of nitrogens with zero attached hydrogens (tertiary/aromatic N) is 3. The van der Waals surface area contributed by atoms with E-state index in [9.17, 15) is 0 Å². The highest BCUT2D eigenvalue weighted by atomic mass is 15.2. The maximum absolute atomic E-state index is 2.47. The van der Waals surface area contributed by atoms with Gasteiger partial charge in [-0.25, -0.2) is 0 Å². The molecule has 0 saturated carbocycles. The molecule has 0 bridgehead atoms. The molecule has 9 aromatic carbocycles. The third-order valence-electron chi connectivity index (χ3n) is 14.7. The number of para-hydroxylation sites is 1. The van der Waals surface area contributed by atoms with Crippen LogP contribution < -0.4 is 14.7 Å². The van der Waals surface area contributed by atoms with E-state index in [1.807, 2.05) is 0 Å². The summed E-state index contributed by atoms with van der Waals surface area (Å²) in [7, 11) is 0. The van der Waals surface area contributed by atoms with Gasteiger partial charge in [0, 0.05) is 39.8 Å². The maximum Gasteiger partial charge on any atom is 0.0742 e. The topological polar surface area (TPSA) is 9.72 Å². The smallest absolute Gasteiger partial charge is 0.0742 e. The lowest BCUT2D eigenvalue weighted by atomic mass is 9.62. The number of benzene rings is 9. The van der Waals surface area contributed by atoms with Gasteiger partial charge in [-0.2, -0.15) is 0 Å². The van der Waals surface area contributed by atoms with Crippen LogP contribution in [0.4, 0.5) is 51.2 Å². The fraction of sp³-hybridized carbons (Fsp3) is 0.169. The van der Waals surface area contributed by atoms with E-state index in [1.165, 1.54) is 89.3 Å². The fourth-order valence-electron chi connectivity index (χ4n) is 10.2. The Morgan fingerprint density at radius 1 is 0.294 bits per heavy atom. The van der Waals surface area contributed by atoms with Crippen molar-refractivity contribution in [3.05, 3.63) is 266 Å². The number of hydrogen-bond acceptors (Lipinski definition) is 3. The van der Waals surface area contributed by atoms with Crippen LogP contribution >= 0.6 is 0 Å². The van der Waals surface area contributed by atoms with Crippen LogP contribution in [0.2, 0.25) is 0 Å². The summed E-state index contributed by atoms with van der Waals surface area (Å²) in [6.45, 7) is 22.0. The predicted octanol–water partition coefficient (Wildman–Crippen LogP) is 17.9. The second-order valence-corrected chi connectivity index (χ2v) is 19.3. The molecule has 9 aromatic rings.